The summed E-state index contributed by atoms with van der Waals surface area (Å²) >= 11 is 0. The third kappa shape index (κ3) is 2.73. The monoisotopic (exact) mass is 211 g/mol. The van der Waals surface area contributed by atoms with Crippen LogP contribution in [0.5, 0.6) is 0 Å². The molecular formula is C13H25NO. The molecule has 2 atom stereocenters. The number of nitrogens with zero attached hydrogens (tertiary/aromatic N) is 1. The van der Waals surface area contributed by atoms with Gasteiger partial charge in [0.25, 0.3) is 0 Å². The second kappa shape index (κ2) is 4.42. The molecule has 2 fully saturated rings. The summed E-state index contributed by atoms with van der Waals surface area (Å²) in [6, 6.07) is 0.467. The van der Waals surface area contributed by atoms with Gasteiger partial charge in [-0.1, -0.05) is 26.7 Å². The number of aliphatic hydroxyl groups excluding tert-OH is 1. The van der Waals surface area contributed by atoms with E-state index in [0.717, 1.165) is 6.42 Å². The zero-order valence-electron chi connectivity index (χ0n) is 10.2. The van der Waals surface area contributed by atoms with E-state index >= 15 is 0 Å². The van der Waals surface area contributed by atoms with E-state index in [1.807, 2.05) is 0 Å². The molecule has 0 aromatic rings. The Hall–Kier alpha value is -0.0800. The molecule has 2 rings (SSSR count). The molecule has 0 aromatic heterocycles. The van der Waals surface area contributed by atoms with Gasteiger partial charge in [-0.2, -0.15) is 0 Å². The molecule has 0 bridgehead atoms. The lowest BCUT2D eigenvalue weighted by Crippen LogP contribution is -2.50. The summed E-state index contributed by atoms with van der Waals surface area (Å²) < 4.78 is 0. The zero-order chi connectivity index (χ0) is 10.9. The average molecular weight is 211 g/mol. The molecule has 1 heterocycles. The zero-order valence-corrected chi connectivity index (χ0v) is 10.2. The van der Waals surface area contributed by atoms with Crippen molar-refractivity contribution in [2.45, 2.75) is 64.5 Å². The van der Waals surface area contributed by atoms with Gasteiger partial charge in [-0.25, -0.2) is 0 Å². The number of likely N-dealkylation sites (tertiary alicyclic amines) is 1. The first kappa shape index (κ1) is 11.4. The maximum absolute atomic E-state index is 10.0. The van der Waals surface area contributed by atoms with Gasteiger partial charge in [0, 0.05) is 6.04 Å². The summed E-state index contributed by atoms with van der Waals surface area (Å²) in [5, 5.41) is 10.0. The molecule has 1 N–H and O–H groups in total. The molecule has 1 saturated carbocycles. The third-order valence-corrected chi connectivity index (χ3v) is 4.31. The van der Waals surface area contributed by atoms with E-state index in [-0.39, 0.29) is 6.10 Å². The number of aliphatic hydroxyl groups is 1. The summed E-state index contributed by atoms with van der Waals surface area (Å²) in [5.74, 6) is 0. The Balaban J connectivity index is 1.89. The van der Waals surface area contributed by atoms with E-state index in [1.165, 1.54) is 45.2 Å². The van der Waals surface area contributed by atoms with Crippen molar-refractivity contribution in [2.24, 2.45) is 5.41 Å². The van der Waals surface area contributed by atoms with E-state index in [9.17, 15) is 5.11 Å². The van der Waals surface area contributed by atoms with Crippen LogP contribution in [0.15, 0.2) is 0 Å². The molecule has 15 heavy (non-hydrogen) atoms. The fourth-order valence-electron chi connectivity index (χ4n) is 2.98. The minimum Gasteiger partial charge on any atom is -0.391 e. The van der Waals surface area contributed by atoms with E-state index in [0.29, 0.717) is 11.5 Å². The summed E-state index contributed by atoms with van der Waals surface area (Å²) in [4.78, 5) is 2.54. The van der Waals surface area contributed by atoms with Crippen LogP contribution in [0.25, 0.3) is 0 Å². The maximum atomic E-state index is 10.0. The molecule has 1 saturated heterocycles. The van der Waals surface area contributed by atoms with Crippen LogP contribution in [0.4, 0.5) is 0 Å². The number of rotatable bonds is 1. The van der Waals surface area contributed by atoms with Crippen molar-refractivity contribution >= 4 is 0 Å². The van der Waals surface area contributed by atoms with Crippen molar-refractivity contribution in [1.82, 2.24) is 4.90 Å². The van der Waals surface area contributed by atoms with E-state index in [1.54, 1.807) is 0 Å². The van der Waals surface area contributed by atoms with E-state index in [2.05, 4.69) is 18.7 Å². The average Bonchev–Trinajstić information content (AvgIpc) is 2.19. The Morgan fingerprint density at radius 1 is 1.07 bits per heavy atom. The van der Waals surface area contributed by atoms with Crippen LogP contribution in [0, 0.1) is 5.41 Å². The molecule has 0 spiro atoms. The minimum absolute atomic E-state index is 0.0556. The van der Waals surface area contributed by atoms with Gasteiger partial charge in [-0.05, 0) is 44.2 Å². The first-order chi connectivity index (χ1) is 7.08. The molecule has 2 heteroatoms. The highest BCUT2D eigenvalue weighted by molar-refractivity contribution is 4.87. The van der Waals surface area contributed by atoms with Crippen molar-refractivity contribution in [3.63, 3.8) is 0 Å². The van der Waals surface area contributed by atoms with Gasteiger partial charge in [-0.15, -0.1) is 0 Å². The first-order valence-electron chi connectivity index (χ1n) is 6.51. The Kier molecular flexibility index (Phi) is 3.36. The molecule has 1 aliphatic heterocycles. The molecule has 0 aromatic carbocycles. The standard InChI is InChI=1S/C13H25NO/c1-13(2)7-9-14(10-8-13)11-5-3-4-6-12(11)15/h11-12,15H,3-10H2,1-2H3. The van der Waals surface area contributed by atoms with Crippen LogP contribution in [0.2, 0.25) is 0 Å². The lowest BCUT2D eigenvalue weighted by Gasteiger charge is -2.44. The predicted molar refractivity (Wildman–Crippen MR) is 62.9 cm³/mol. The molecule has 0 amide bonds. The van der Waals surface area contributed by atoms with Gasteiger partial charge in [0.05, 0.1) is 6.10 Å². The second-order valence-corrected chi connectivity index (χ2v) is 6.12. The van der Waals surface area contributed by atoms with Crippen molar-refractivity contribution in [1.29, 1.82) is 0 Å². The van der Waals surface area contributed by atoms with Crippen molar-refractivity contribution in [2.75, 3.05) is 13.1 Å². The van der Waals surface area contributed by atoms with Crippen molar-refractivity contribution in [3.8, 4) is 0 Å². The largest absolute Gasteiger partial charge is 0.391 e. The van der Waals surface area contributed by atoms with Crippen molar-refractivity contribution < 1.29 is 5.11 Å². The summed E-state index contributed by atoms with van der Waals surface area (Å²) in [7, 11) is 0. The Bertz CT molecular complexity index is 205. The van der Waals surface area contributed by atoms with Crippen LogP contribution in [-0.2, 0) is 0 Å². The molecule has 2 unspecified atom stereocenters. The van der Waals surface area contributed by atoms with Gasteiger partial charge < -0.3 is 5.11 Å². The maximum Gasteiger partial charge on any atom is 0.0695 e. The fraction of sp³-hybridized carbons (Fsp3) is 1.00. The Morgan fingerprint density at radius 2 is 1.67 bits per heavy atom. The van der Waals surface area contributed by atoms with Crippen LogP contribution in [0.3, 0.4) is 0 Å². The lowest BCUT2D eigenvalue weighted by atomic mass is 9.81. The second-order valence-electron chi connectivity index (χ2n) is 6.12. The molecule has 0 radical (unpaired) electrons. The van der Waals surface area contributed by atoms with Gasteiger partial charge >= 0.3 is 0 Å². The first-order valence-corrected chi connectivity index (χ1v) is 6.51. The smallest absolute Gasteiger partial charge is 0.0695 e. The van der Waals surface area contributed by atoms with Gasteiger partial charge in [0.2, 0.25) is 0 Å². The lowest BCUT2D eigenvalue weighted by molar-refractivity contribution is -0.00608. The third-order valence-electron chi connectivity index (χ3n) is 4.31. The van der Waals surface area contributed by atoms with E-state index in [4.69, 9.17) is 0 Å². The summed E-state index contributed by atoms with van der Waals surface area (Å²) in [6.07, 6.45) is 7.27. The molecule has 2 nitrogen and oxygen atoms in total. The van der Waals surface area contributed by atoms with Gasteiger partial charge in [0.15, 0.2) is 0 Å². The van der Waals surface area contributed by atoms with Crippen LogP contribution >= 0.6 is 0 Å². The molecular weight excluding hydrogens is 186 g/mol. The molecule has 1 aliphatic carbocycles. The van der Waals surface area contributed by atoms with Crippen LogP contribution in [0.1, 0.15) is 52.4 Å². The Morgan fingerprint density at radius 3 is 2.27 bits per heavy atom. The summed E-state index contributed by atoms with van der Waals surface area (Å²) in [5.41, 5.74) is 0.524. The quantitative estimate of drug-likeness (QED) is 0.720. The topological polar surface area (TPSA) is 23.5 Å². The van der Waals surface area contributed by atoms with Gasteiger partial charge in [-0.3, -0.25) is 4.90 Å². The summed E-state index contributed by atoms with van der Waals surface area (Å²) in [6.45, 7) is 7.10. The molecule has 88 valence electrons. The SMILES string of the molecule is CC1(C)CCN(C2CCCCC2O)CC1. The van der Waals surface area contributed by atoms with E-state index < -0.39 is 0 Å². The number of hydrogen-bond acceptors (Lipinski definition) is 2. The highest BCUT2D eigenvalue weighted by atomic mass is 16.3. The highest BCUT2D eigenvalue weighted by Crippen LogP contribution is 2.33. The molecule has 2 aliphatic rings. The Labute approximate surface area is 93.7 Å². The predicted octanol–water partition coefficient (Wildman–Crippen LogP) is 2.41. The van der Waals surface area contributed by atoms with Gasteiger partial charge in [0.1, 0.15) is 0 Å². The van der Waals surface area contributed by atoms with Crippen LogP contribution < -0.4 is 0 Å². The minimum atomic E-state index is -0.0556. The van der Waals surface area contributed by atoms with Crippen molar-refractivity contribution in [3.05, 3.63) is 0 Å². The normalized spacial score (nSPS) is 37.8. The van der Waals surface area contributed by atoms with Crippen LogP contribution in [-0.4, -0.2) is 35.2 Å². The number of hydrogen-bond donors (Lipinski definition) is 1. The fourth-order valence-corrected chi connectivity index (χ4v) is 2.98. The highest BCUT2D eigenvalue weighted by Gasteiger charge is 2.33. The number of piperidine rings is 1.